The van der Waals surface area contributed by atoms with Gasteiger partial charge >= 0.3 is 0 Å². The van der Waals surface area contributed by atoms with Gasteiger partial charge in [-0.05, 0) is 31.2 Å². The van der Waals surface area contributed by atoms with Crippen molar-refractivity contribution in [1.29, 1.82) is 0 Å². The Morgan fingerprint density at radius 1 is 0.905 bits per heavy atom. The van der Waals surface area contributed by atoms with Gasteiger partial charge in [-0.2, -0.15) is 0 Å². The number of rotatable bonds is 15. The van der Waals surface area contributed by atoms with Crippen molar-refractivity contribution in [1.82, 2.24) is 5.32 Å². The van der Waals surface area contributed by atoms with Crippen LogP contribution < -0.4 is 5.32 Å². The van der Waals surface area contributed by atoms with Gasteiger partial charge in [0, 0.05) is 19.8 Å². The first kappa shape index (κ1) is 20.8. The number of hydrogen-bond acceptors (Lipinski definition) is 4. The highest BCUT2D eigenvalue weighted by Gasteiger charge is 2.26. The molecule has 0 saturated carbocycles. The van der Waals surface area contributed by atoms with E-state index in [1.165, 1.54) is 6.42 Å². The van der Waals surface area contributed by atoms with Gasteiger partial charge in [0.2, 0.25) is 0 Å². The number of ether oxygens (including phenoxy) is 3. The molecule has 0 aliphatic heterocycles. The highest BCUT2D eigenvalue weighted by molar-refractivity contribution is 4.79. The summed E-state index contributed by atoms with van der Waals surface area (Å²) in [6, 6.07) is 0. The molecule has 0 fully saturated rings. The van der Waals surface area contributed by atoms with Crippen molar-refractivity contribution in [2.45, 2.75) is 47.0 Å². The molecular weight excluding hydrogens is 266 g/mol. The molecule has 4 heteroatoms. The summed E-state index contributed by atoms with van der Waals surface area (Å²) >= 11 is 0. The zero-order chi connectivity index (χ0) is 16.0. The van der Waals surface area contributed by atoms with E-state index in [-0.39, 0.29) is 0 Å². The average Bonchev–Trinajstić information content (AvgIpc) is 2.45. The first-order chi connectivity index (χ1) is 10.1. The molecule has 0 rings (SSSR count). The number of unbranched alkanes of at least 4 members (excludes halogenated alkanes) is 1. The van der Waals surface area contributed by atoms with E-state index in [4.69, 9.17) is 14.2 Å². The molecule has 0 aromatic carbocycles. The molecule has 0 aromatic rings. The lowest BCUT2D eigenvalue weighted by Gasteiger charge is -2.33. The van der Waals surface area contributed by atoms with E-state index in [0.29, 0.717) is 37.8 Å². The smallest absolute Gasteiger partial charge is 0.0701 e. The van der Waals surface area contributed by atoms with Gasteiger partial charge in [-0.1, -0.05) is 34.1 Å². The highest BCUT2D eigenvalue weighted by Crippen LogP contribution is 2.30. The highest BCUT2D eigenvalue weighted by atomic mass is 16.5. The SMILES string of the molecule is CCCCOCCOCCOCCC(C)(CNC)C(C)C. The fourth-order valence-corrected chi connectivity index (χ4v) is 2.08. The van der Waals surface area contributed by atoms with Crippen LogP contribution in [-0.4, -0.2) is 53.2 Å². The first-order valence-corrected chi connectivity index (χ1v) is 8.44. The minimum atomic E-state index is 0.294. The van der Waals surface area contributed by atoms with Gasteiger partial charge in [0.25, 0.3) is 0 Å². The maximum atomic E-state index is 5.68. The lowest BCUT2D eigenvalue weighted by molar-refractivity contribution is 0.00593. The van der Waals surface area contributed by atoms with Crippen LogP contribution >= 0.6 is 0 Å². The van der Waals surface area contributed by atoms with E-state index in [2.05, 4.69) is 33.0 Å². The number of hydrogen-bond donors (Lipinski definition) is 1. The minimum absolute atomic E-state index is 0.294. The molecule has 21 heavy (non-hydrogen) atoms. The third-order valence-electron chi connectivity index (χ3n) is 4.18. The largest absolute Gasteiger partial charge is 0.379 e. The molecule has 0 aliphatic rings. The van der Waals surface area contributed by atoms with Crippen LogP contribution in [0.3, 0.4) is 0 Å². The van der Waals surface area contributed by atoms with Crippen molar-refractivity contribution in [2.24, 2.45) is 11.3 Å². The molecule has 0 heterocycles. The predicted octanol–water partition coefficient (Wildman–Crippen LogP) is 3.11. The van der Waals surface area contributed by atoms with Crippen molar-refractivity contribution in [3.63, 3.8) is 0 Å². The van der Waals surface area contributed by atoms with Gasteiger partial charge in [0.1, 0.15) is 0 Å². The second kappa shape index (κ2) is 13.5. The van der Waals surface area contributed by atoms with E-state index >= 15 is 0 Å². The van der Waals surface area contributed by atoms with E-state index in [1.54, 1.807) is 0 Å². The summed E-state index contributed by atoms with van der Waals surface area (Å²) < 4.78 is 16.6. The van der Waals surface area contributed by atoms with Crippen LogP contribution in [0.1, 0.15) is 47.0 Å². The molecule has 0 aliphatic carbocycles. The van der Waals surface area contributed by atoms with Crippen molar-refractivity contribution in [3.8, 4) is 0 Å². The van der Waals surface area contributed by atoms with Gasteiger partial charge in [-0.3, -0.25) is 0 Å². The molecule has 4 nitrogen and oxygen atoms in total. The summed E-state index contributed by atoms with van der Waals surface area (Å²) in [5.41, 5.74) is 0.294. The van der Waals surface area contributed by atoms with E-state index < -0.39 is 0 Å². The van der Waals surface area contributed by atoms with Crippen LogP contribution in [0.2, 0.25) is 0 Å². The Bertz CT molecular complexity index is 224. The maximum absolute atomic E-state index is 5.68. The number of nitrogens with one attached hydrogen (secondary N) is 1. The summed E-state index contributed by atoms with van der Waals surface area (Å²) in [5.74, 6) is 0.644. The molecule has 128 valence electrons. The first-order valence-electron chi connectivity index (χ1n) is 8.44. The van der Waals surface area contributed by atoms with Crippen LogP contribution in [0, 0.1) is 11.3 Å². The fraction of sp³-hybridized carbons (Fsp3) is 1.00. The Morgan fingerprint density at radius 2 is 1.43 bits per heavy atom. The maximum Gasteiger partial charge on any atom is 0.0701 e. The third kappa shape index (κ3) is 11.1. The molecular formula is C17H37NO3. The Balaban J connectivity index is 3.42. The lowest BCUT2D eigenvalue weighted by atomic mass is 9.76. The Kier molecular flexibility index (Phi) is 13.4. The molecule has 0 bridgehead atoms. The molecule has 1 unspecified atom stereocenters. The second-order valence-electron chi connectivity index (χ2n) is 6.28. The fourth-order valence-electron chi connectivity index (χ4n) is 2.08. The van der Waals surface area contributed by atoms with Gasteiger partial charge in [0.05, 0.1) is 26.4 Å². The monoisotopic (exact) mass is 303 g/mol. The zero-order valence-corrected chi connectivity index (χ0v) is 14.9. The molecule has 0 amide bonds. The minimum Gasteiger partial charge on any atom is -0.379 e. The van der Waals surface area contributed by atoms with E-state index in [9.17, 15) is 0 Å². The summed E-state index contributed by atoms with van der Waals surface area (Å²) in [5, 5.41) is 3.29. The summed E-state index contributed by atoms with van der Waals surface area (Å²) in [7, 11) is 2.01. The normalized spacial score (nSPS) is 14.6. The molecule has 1 atom stereocenters. The van der Waals surface area contributed by atoms with Crippen LogP contribution in [0.25, 0.3) is 0 Å². The van der Waals surface area contributed by atoms with Crippen molar-refractivity contribution in [3.05, 3.63) is 0 Å². The topological polar surface area (TPSA) is 39.7 Å². The predicted molar refractivity (Wildman–Crippen MR) is 88.9 cm³/mol. The summed E-state index contributed by atoms with van der Waals surface area (Å²) in [6.07, 6.45) is 3.38. The quantitative estimate of drug-likeness (QED) is 0.472. The van der Waals surface area contributed by atoms with Gasteiger partial charge < -0.3 is 19.5 Å². The van der Waals surface area contributed by atoms with Gasteiger partial charge in [0.15, 0.2) is 0 Å². The van der Waals surface area contributed by atoms with Gasteiger partial charge in [-0.25, -0.2) is 0 Å². The van der Waals surface area contributed by atoms with Crippen molar-refractivity contribution < 1.29 is 14.2 Å². The van der Waals surface area contributed by atoms with Crippen LogP contribution in [0.15, 0.2) is 0 Å². The standard InChI is InChI=1S/C17H37NO3/c1-6-7-9-19-11-13-21-14-12-20-10-8-17(4,15-18-5)16(2)3/h16,18H,6-15H2,1-5H3. The van der Waals surface area contributed by atoms with Crippen LogP contribution in [-0.2, 0) is 14.2 Å². The van der Waals surface area contributed by atoms with Crippen LogP contribution in [0.5, 0.6) is 0 Å². The summed E-state index contributed by atoms with van der Waals surface area (Å²) in [6.45, 7) is 14.4. The Morgan fingerprint density at radius 3 is 1.90 bits per heavy atom. The average molecular weight is 303 g/mol. The zero-order valence-electron chi connectivity index (χ0n) is 14.9. The Hall–Kier alpha value is -0.160. The molecule has 0 aromatic heterocycles. The van der Waals surface area contributed by atoms with Crippen molar-refractivity contribution >= 4 is 0 Å². The van der Waals surface area contributed by atoms with Crippen LogP contribution in [0.4, 0.5) is 0 Å². The van der Waals surface area contributed by atoms with E-state index in [1.807, 2.05) is 7.05 Å². The molecule has 0 spiro atoms. The van der Waals surface area contributed by atoms with Crippen molar-refractivity contribution in [2.75, 3.05) is 53.2 Å². The third-order valence-corrected chi connectivity index (χ3v) is 4.18. The van der Waals surface area contributed by atoms with E-state index in [0.717, 1.165) is 32.6 Å². The molecule has 0 radical (unpaired) electrons. The Labute approximate surface area is 131 Å². The van der Waals surface area contributed by atoms with Gasteiger partial charge in [-0.15, -0.1) is 0 Å². The second-order valence-corrected chi connectivity index (χ2v) is 6.28. The lowest BCUT2D eigenvalue weighted by Crippen LogP contribution is -2.35. The summed E-state index contributed by atoms with van der Waals surface area (Å²) in [4.78, 5) is 0. The molecule has 0 saturated heterocycles. The molecule has 1 N–H and O–H groups in total.